The third-order valence-electron chi connectivity index (χ3n) is 2.21. The molecule has 0 amide bonds. The first-order valence-corrected chi connectivity index (χ1v) is 4.43. The van der Waals surface area contributed by atoms with Gasteiger partial charge in [-0.1, -0.05) is 0 Å². The van der Waals surface area contributed by atoms with Crippen molar-refractivity contribution in [3.8, 4) is 0 Å². The standard InChI is InChI=1S/C8H17NO4/c1-4(9)2-6-8(12)7(11)5(10)3-13-6/h4-8,10-12H,2-3,9H2,1H3/t4?,5-,6+,7+,8+/m1/s1. The first-order chi connectivity index (χ1) is 6.02. The maximum absolute atomic E-state index is 9.47. The molecule has 1 aliphatic rings. The van der Waals surface area contributed by atoms with Crippen molar-refractivity contribution in [3.05, 3.63) is 0 Å². The number of aliphatic hydroxyl groups is 3. The van der Waals surface area contributed by atoms with Crippen molar-refractivity contribution in [2.75, 3.05) is 6.61 Å². The monoisotopic (exact) mass is 191 g/mol. The minimum absolute atomic E-state index is 0.0512. The highest BCUT2D eigenvalue weighted by Crippen LogP contribution is 2.18. The van der Waals surface area contributed by atoms with E-state index in [4.69, 9.17) is 15.6 Å². The van der Waals surface area contributed by atoms with Crippen LogP contribution in [-0.4, -0.2) is 52.4 Å². The molecule has 1 unspecified atom stereocenters. The van der Waals surface area contributed by atoms with E-state index in [1.165, 1.54) is 0 Å². The zero-order chi connectivity index (χ0) is 10.0. The van der Waals surface area contributed by atoms with Gasteiger partial charge in [-0.2, -0.15) is 0 Å². The Morgan fingerprint density at radius 1 is 1.38 bits per heavy atom. The van der Waals surface area contributed by atoms with E-state index >= 15 is 0 Å². The summed E-state index contributed by atoms with van der Waals surface area (Å²) in [6.07, 6.45) is -3.17. The Bertz CT molecular complexity index is 164. The SMILES string of the molecule is CC(N)C[C@@H]1OC[C@@H](O)[C@H](O)[C@H]1O. The number of hydrogen-bond donors (Lipinski definition) is 4. The van der Waals surface area contributed by atoms with Crippen LogP contribution < -0.4 is 5.73 Å². The molecule has 13 heavy (non-hydrogen) atoms. The molecular formula is C8H17NO4. The second kappa shape index (κ2) is 4.34. The van der Waals surface area contributed by atoms with E-state index in [9.17, 15) is 10.2 Å². The molecule has 5 heteroatoms. The van der Waals surface area contributed by atoms with Gasteiger partial charge in [0.1, 0.15) is 18.3 Å². The fourth-order valence-electron chi connectivity index (χ4n) is 1.44. The Balaban J connectivity index is 2.48. The minimum atomic E-state index is -1.13. The highest BCUT2D eigenvalue weighted by Gasteiger charge is 2.37. The van der Waals surface area contributed by atoms with Crippen molar-refractivity contribution in [3.63, 3.8) is 0 Å². The molecule has 1 aliphatic heterocycles. The first-order valence-electron chi connectivity index (χ1n) is 4.43. The van der Waals surface area contributed by atoms with Gasteiger partial charge < -0.3 is 25.8 Å². The van der Waals surface area contributed by atoms with E-state index in [0.29, 0.717) is 6.42 Å². The van der Waals surface area contributed by atoms with Crippen LogP contribution in [0.2, 0.25) is 0 Å². The van der Waals surface area contributed by atoms with Crippen molar-refractivity contribution in [1.82, 2.24) is 0 Å². The van der Waals surface area contributed by atoms with E-state index in [0.717, 1.165) is 0 Å². The van der Waals surface area contributed by atoms with Crippen LogP contribution in [-0.2, 0) is 4.74 Å². The molecule has 1 saturated heterocycles. The fraction of sp³-hybridized carbons (Fsp3) is 1.00. The zero-order valence-electron chi connectivity index (χ0n) is 7.63. The van der Waals surface area contributed by atoms with Crippen molar-refractivity contribution in [2.24, 2.45) is 5.73 Å². The number of ether oxygens (including phenoxy) is 1. The lowest BCUT2D eigenvalue weighted by Gasteiger charge is -2.35. The fourth-order valence-corrected chi connectivity index (χ4v) is 1.44. The van der Waals surface area contributed by atoms with Gasteiger partial charge in [0.15, 0.2) is 0 Å². The summed E-state index contributed by atoms with van der Waals surface area (Å²) < 4.78 is 5.14. The lowest BCUT2D eigenvalue weighted by Crippen LogP contribution is -2.53. The second-order valence-electron chi connectivity index (χ2n) is 3.63. The quantitative estimate of drug-likeness (QED) is 0.413. The topological polar surface area (TPSA) is 95.9 Å². The largest absolute Gasteiger partial charge is 0.388 e. The van der Waals surface area contributed by atoms with E-state index in [-0.39, 0.29) is 12.6 Å². The zero-order valence-corrected chi connectivity index (χ0v) is 7.63. The summed E-state index contributed by atoms with van der Waals surface area (Å²) in [5.74, 6) is 0. The highest BCUT2D eigenvalue weighted by molar-refractivity contribution is 4.87. The van der Waals surface area contributed by atoms with Crippen LogP contribution in [0.4, 0.5) is 0 Å². The van der Waals surface area contributed by atoms with Crippen molar-refractivity contribution >= 4 is 0 Å². The molecule has 5 atom stereocenters. The van der Waals surface area contributed by atoms with Crippen LogP contribution in [0.5, 0.6) is 0 Å². The molecule has 1 heterocycles. The van der Waals surface area contributed by atoms with Crippen LogP contribution >= 0.6 is 0 Å². The van der Waals surface area contributed by atoms with Crippen LogP contribution in [0.15, 0.2) is 0 Å². The van der Waals surface area contributed by atoms with Gasteiger partial charge in [0, 0.05) is 6.04 Å². The lowest BCUT2D eigenvalue weighted by atomic mass is 9.96. The third-order valence-corrected chi connectivity index (χ3v) is 2.21. The van der Waals surface area contributed by atoms with Crippen molar-refractivity contribution < 1.29 is 20.1 Å². The summed E-state index contributed by atoms with van der Waals surface area (Å²) in [6, 6.07) is -0.0953. The molecule has 1 rings (SSSR count). The second-order valence-corrected chi connectivity index (χ2v) is 3.63. The van der Waals surface area contributed by atoms with Gasteiger partial charge in [0.05, 0.1) is 12.7 Å². The van der Waals surface area contributed by atoms with Crippen LogP contribution in [0.1, 0.15) is 13.3 Å². The Labute approximate surface area is 77.1 Å². The molecule has 0 aromatic rings. The molecule has 0 spiro atoms. The van der Waals surface area contributed by atoms with Gasteiger partial charge in [0.25, 0.3) is 0 Å². The van der Waals surface area contributed by atoms with Gasteiger partial charge in [-0.15, -0.1) is 0 Å². The predicted octanol–water partition coefficient (Wildman–Crippen LogP) is -1.79. The summed E-state index contributed by atoms with van der Waals surface area (Å²) in [6.45, 7) is 1.85. The van der Waals surface area contributed by atoms with Gasteiger partial charge >= 0.3 is 0 Å². The number of rotatable bonds is 2. The number of nitrogens with two attached hydrogens (primary N) is 1. The molecule has 78 valence electrons. The molecule has 0 aromatic heterocycles. The average molecular weight is 191 g/mol. The molecule has 0 saturated carbocycles. The maximum Gasteiger partial charge on any atom is 0.111 e. The Hall–Kier alpha value is -0.200. The Morgan fingerprint density at radius 3 is 2.54 bits per heavy atom. The van der Waals surface area contributed by atoms with Gasteiger partial charge in [-0.3, -0.25) is 0 Å². The summed E-state index contributed by atoms with van der Waals surface area (Å²) in [7, 11) is 0. The lowest BCUT2D eigenvalue weighted by molar-refractivity contribution is -0.188. The summed E-state index contributed by atoms with van der Waals surface area (Å²) in [5.41, 5.74) is 5.53. The molecule has 5 N–H and O–H groups in total. The predicted molar refractivity (Wildman–Crippen MR) is 46.0 cm³/mol. The molecule has 1 fully saturated rings. The average Bonchev–Trinajstić information content (AvgIpc) is 2.06. The molecule has 0 radical (unpaired) electrons. The maximum atomic E-state index is 9.47. The Morgan fingerprint density at radius 2 is 2.00 bits per heavy atom. The number of aliphatic hydroxyl groups excluding tert-OH is 3. The van der Waals surface area contributed by atoms with Crippen LogP contribution in [0.3, 0.4) is 0 Å². The van der Waals surface area contributed by atoms with Crippen LogP contribution in [0, 0.1) is 0 Å². The third kappa shape index (κ3) is 2.62. The normalized spacial score (nSPS) is 43.2. The van der Waals surface area contributed by atoms with Crippen molar-refractivity contribution in [1.29, 1.82) is 0 Å². The summed E-state index contributed by atoms with van der Waals surface area (Å²) >= 11 is 0. The van der Waals surface area contributed by atoms with E-state index in [1.54, 1.807) is 6.92 Å². The van der Waals surface area contributed by atoms with Gasteiger partial charge in [-0.25, -0.2) is 0 Å². The summed E-state index contributed by atoms with van der Waals surface area (Å²) in [4.78, 5) is 0. The van der Waals surface area contributed by atoms with E-state index in [1.807, 2.05) is 0 Å². The van der Waals surface area contributed by atoms with E-state index < -0.39 is 24.4 Å². The Kier molecular flexibility index (Phi) is 3.63. The molecule has 5 nitrogen and oxygen atoms in total. The highest BCUT2D eigenvalue weighted by atomic mass is 16.5. The van der Waals surface area contributed by atoms with Gasteiger partial charge in [-0.05, 0) is 13.3 Å². The molecule has 0 bridgehead atoms. The molecular weight excluding hydrogens is 174 g/mol. The van der Waals surface area contributed by atoms with Crippen LogP contribution in [0.25, 0.3) is 0 Å². The smallest absolute Gasteiger partial charge is 0.111 e. The molecule has 0 aromatic carbocycles. The van der Waals surface area contributed by atoms with Gasteiger partial charge in [0.2, 0.25) is 0 Å². The summed E-state index contributed by atoms with van der Waals surface area (Å²) in [5, 5.41) is 27.9. The molecule has 0 aliphatic carbocycles. The van der Waals surface area contributed by atoms with Crippen molar-refractivity contribution in [2.45, 2.75) is 43.8 Å². The van der Waals surface area contributed by atoms with E-state index in [2.05, 4.69) is 0 Å². The minimum Gasteiger partial charge on any atom is -0.388 e. The first kappa shape index (κ1) is 10.9. The number of hydrogen-bond acceptors (Lipinski definition) is 5.